The number of hydrogen-bond acceptors (Lipinski definition) is 2. The lowest BCUT2D eigenvalue weighted by Crippen LogP contribution is -2.31. The predicted octanol–water partition coefficient (Wildman–Crippen LogP) is 3.33. The summed E-state index contributed by atoms with van der Waals surface area (Å²) >= 11 is 3.45. The fourth-order valence-electron chi connectivity index (χ4n) is 1.62. The van der Waals surface area contributed by atoms with Gasteiger partial charge in [0, 0.05) is 24.0 Å². The van der Waals surface area contributed by atoms with Gasteiger partial charge in [-0.15, -0.1) is 0 Å². The molecule has 4 heteroatoms. The van der Waals surface area contributed by atoms with E-state index in [9.17, 15) is 4.79 Å². The number of hydrogen-bond donors (Lipinski definition) is 0. The van der Waals surface area contributed by atoms with E-state index in [1.165, 1.54) is 0 Å². The van der Waals surface area contributed by atoms with Gasteiger partial charge in [-0.2, -0.15) is 0 Å². The van der Waals surface area contributed by atoms with E-state index >= 15 is 0 Å². The van der Waals surface area contributed by atoms with Crippen LogP contribution in [0.1, 0.15) is 30.6 Å². The Morgan fingerprint density at radius 1 is 1.50 bits per heavy atom. The van der Waals surface area contributed by atoms with Gasteiger partial charge in [-0.1, -0.05) is 35.8 Å². The van der Waals surface area contributed by atoms with Crippen LogP contribution in [0.5, 0.6) is 5.75 Å². The summed E-state index contributed by atoms with van der Waals surface area (Å²) in [6.45, 7) is 5.43. The molecule has 1 rings (SSSR count). The van der Waals surface area contributed by atoms with Crippen LogP contribution in [0, 0.1) is 0 Å². The molecule has 18 heavy (non-hydrogen) atoms. The van der Waals surface area contributed by atoms with Gasteiger partial charge in [0.2, 0.25) is 0 Å². The first-order valence-electron chi connectivity index (χ1n) is 6.17. The van der Waals surface area contributed by atoms with Gasteiger partial charge < -0.3 is 9.64 Å². The molecule has 1 amide bonds. The van der Waals surface area contributed by atoms with Gasteiger partial charge in [0.15, 0.2) is 0 Å². The molecule has 0 aliphatic rings. The lowest BCUT2D eigenvalue weighted by Gasteiger charge is -2.19. The Labute approximate surface area is 117 Å². The lowest BCUT2D eigenvalue weighted by molar-refractivity contribution is 0.0797. The molecule has 3 nitrogen and oxygen atoms in total. The van der Waals surface area contributed by atoms with E-state index in [4.69, 9.17) is 4.74 Å². The van der Waals surface area contributed by atoms with Crippen molar-refractivity contribution in [3.05, 3.63) is 29.8 Å². The normalized spacial score (nSPS) is 12.0. The summed E-state index contributed by atoms with van der Waals surface area (Å²) in [4.78, 5) is 14.1. The second-order valence-corrected chi connectivity index (χ2v) is 5.91. The number of alkyl halides is 1. The van der Waals surface area contributed by atoms with Gasteiger partial charge in [0.1, 0.15) is 5.75 Å². The van der Waals surface area contributed by atoms with Gasteiger partial charge in [-0.3, -0.25) is 4.79 Å². The second-order valence-electron chi connectivity index (χ2n) is 4.34. The Balaban J connectivity index is 2.73. The second kappa shape index (κ2) is 7.41. The molecule has 1 atom stereocenters. The summed E-state index contributed by atoms with van der Waals surface area (Å²) in [6.07, 6.45) is 0.958. The molecular formula is C14H20BrNO2. The zero-order valence-corrected chi connectivity index (χ0v) is 12.7. The number of carbonyl (C=O) groups is 1. The molecule has 0 aromatic heterocycles. The first-order chi connectivity index (χ1) is 8.54. The summed E-state index contributed by atoms with van der Waals surface area (Å²) in [5.41, 5.74) is 0.666. The molecule has 0 saturated heterocycles. The molecular weight excluding hydrogens is 294 g/mol. The van der Waals surface area contributed by atoms with Crippen molar-refractivity contribution in [2.24, 2.45) is 0 Å². The number of ether oxygens (including phenoxy) is 1. The third-order valence-corrected chi connectivity index (χ3v) is 2.72. The molecule has 0 heterocycles. The maximum Gasteiger partial charge on any atom is 0.253 e. The minimum Gasteiger partial charge on any atom is -0.494 e. The molecule has 0 fully saturated rings. The predicted molar refractivity (Wildman–Crippen MR) is 77.6 cm³/mol. The molecule has 1 aromatic rings. The Hall–Kier alpha value is -1.03. The number of amides is 1. The number of rotatable bonds is 6. The molecule has 0 radical (unpaired) electrons. The van der Waals surface area contributed by atoms with Crippen molar-refractivity contribution < 1.29 is 9.53 Å². The fourth-order valence-corrected chi connectivity index (χ4v) is 2.05. The highest BCUT2D eigenvalue weighted by Gasteiger charge is 2.13. The highest BCUT2D eigenvalue weighted by atomic mass is 79.9. The Morgan fingerprint density at radius 3 is 2.83 bits per heavy atom. The van der Waals surface area contributed by atoms with Gasteiger partial charge in [-0.05, 0) is 24.6 Å². The first kappa shape index (κ1) is 15.0. The third-order valence-electron chi connectivity index (χ3n) is 2.43. The summed E-state index contributed by atoms with van der Waals surface area (Å²) < 4.78 is 5.53. The van der Waals surface area contributed by atoms with Crippen LogP contribution in [0.2, 0.25) is 0 Å². The van der Waals surface area contributed by atoms with Crippen molar-refractivity contribution in [2.75, 3.05) is 20.2 Å². The summed E-state index contributed by atoms with van der Waals surface area (Å²) in [7, 11) is 1.81. The van der Waals surface area contributed by atoms with Crippen LogP contribution in [-0.2, 0) is 0 Å². The molecule has 0 bridgehead atoms. The molecule has 1 aromatic carbocycles. The molecule has 0 saturated carbocycles. The van der Waals surface area contributed by atoms with E-state index in [2.05, 4.69) is 22.9 Å². The topological polar surface area (TPSA) is 29.5 Å². The molecule has 0 aliphatic heterocycles. The minimum atomic E-state index is 0.0169. The van der Waals surface area contributed by atoms with E-state index in [1.54, 1.807) is 18.0 Å². The van der Waals surface area contributed by atoms with E-state index in [0.717, 1.165) is 12.2 Å². The Kier molecular flexibility index (Phi) is 6.19. The standard InChI is InChI=1S/C14H20BrNO2/c1-4-8-18-13-7-5-6-12(9-13)14(17)16(3)10-11(2)15/h5-7,9,11H,4,8,10H2,1-3H3. The SMILES string of the molecule is CCCOc1cccc(C(=O)N(C)CC(C)Br)c1. The highest BCUT2D eigenvalue weighted by Crippen LogP contribution is 2.15. The van der Waals surface area contributed by atoms with Crippen LogP contribution >= 0.6 is 15.9 Å². The maximum absolute atomic E-state index is 12.2. The average molecular weight is 314 g/mol. The smallest absolute Gasteiger partial charge is 0.253 e. The van der Waals surface area contributed by atoms with Crippen molar-refractivity contribution in [3.8, 4) is 5.75 Å². The molecule has 0 spiro atoms. The van der Waals surface area contributed by atoms with Crippen LogP contribution in [0.3, 0.4) is 0 Å². The Morgan fingerprint density at radius 2 is 2.22 bits per heavy atom. The monoisotopic (exact) mass is 313 g/mol. The molecule has 0 N–H and O–H groups in total. The minimum absolute atomic E-state index is 0.0169. The van der Waals surface area contributed by atoms with Gasteiger partial charge in [0.25, 0.3) is 5.91 Å². The van der Waals surface area contributed by atoms with Crippen molar-refractivity contribution in [2.45, 2.75) is 25.1 Å². The van der Waals surface area contributed by atoms with Gasteiger partial charge in [-0.25, -0.2) is 0 Å². The number of halogens is 1. The van der Waals surface area contributed by atoms with Crippen molar-refractivity contribution in [3.63, 3.8) is 0 Å². The first-order valence-corrected chi connectivity index (χ1v) is 7.08. The molecule has 0 aliphatic carbocycles. The summed E-state index contributed by atoms with van der Waals surface area (Å²) in [5, 5.41) is 0. The van der Waals surface area contributed by atoms with Gasteiger partial charge in [0.05, 0.1) is 6.61 Å². The average Bonchev–Trinajstić information content (AvgIpc) is 2.35. The molecule has 100 valence electrons. The van der Waals surface area contributed by atoms with E-state index in [-0.39, 0.29) is 10.7 Å². The van der Waals surface area contributed by atoms with Crippen LogP contribution in [0.15, 0.2) is 24.3 Å². The number of nitrogens with zero attached hydrogens (tertiary/aromatic N) is 1. The lowest BCUT2D eigenvalue weighted by atomic mass is 10.2. The largest absolute Gasteiger partial charge is 0.494 e. The van der Waals surface area contributed by atoms with Gasteiger partial charge >= 0.3 is 0 Å². The van der Waals surface area contributed by atoms with E-state index in [1.807, 2.05) is 25.1 Å². The fraction of sp³-hybridized carbons (Fsp3) is 0.500. The number of benzene rings is 1. The van der Waals surface area contributed by atoms with Crippen molar-refractivity contribution in [1.29, 1.82) is 0 Å². The van der Waals surface area contributed by atoms with Crippen LogP contribution in [0.4, 0.5) is 0 Å². The highest BCUT2D eigenvalue weighted by molar-refractivity contribution is 9.09. The zero-order chi connectivity index (χ0) is 13.5. The third kappa shape index (κ3) is 4.69. The zero-order valence-electron chi connectivity index (χ0n) is 11.1. The van der Waals surface area contributed by atoms with Crippen LogP contribution in [-0.4, -0.2) is 35.8 Å². The Bertz CT molecular complexity index is 393. The maximum atomic E-state index is 12.2. The van der Waals surface area contributed by atoms with Crippen LogP contribution in [0.25, 0.3) is 0 Å². The molecule has 1 unspecified atom stereocenters. The van der Waals surface area contributed by atoms with E-state index < -0.39 is 0 Å². The quantitative estimate of drug-likeness (QED) is 0.754. The van der Waals surface area contributed by atoms with E-state index in [0.29, 0.717) is 18.7 Å². The van der Waals surface area contributed by atoms with Crippen molar-refractivity contribution in [1.82, 2.24) is 4.90 Å². The van der Waals surface area contributed by atoms with Crippen LogP contribution < -0.4 is 4.74 Å². The van der Waals surface area contributed by atoms with Crippen molar-refractivity contribution >= 4 is 21.8 Å². The summed E-state index contributed by atoms with van der Waals surface area (Å²) in [5.74, 6) is 0.770. The summed E-state index contributed by atoms with van der Waals surface area (Å²) in [6, 6.07) is 7.34. The number of carbonyl (C=O) groups excluding carboxylic acids is 1.